The van der Waals surface area contributed by atoms with Crippen molar-refractivity contribution in [2.24, 2.45) is 5.10 Å². The molecule has 3 aromatic carbocycles. The second-order valence-corrected chi connectivity index (χ2v) is 8.17. The quantitative estimate of drug-likeness (QED) is 0.227. The number of carbonyl (C=O) groups excluding carboxylic acids is 1. The van der Waals surface area contributed by atoms with E-state index in [9.17, 15) is 4.79 Å². The highest BCUT2D eigenvalue weighted by molar-refractivity contribution is 14.1. The summed E-state index contributed by atoms with van der Waals surface area (Å²) in [4.78, 5) is 12.3. The first-order valence-corrected chi connectivity index (χ1v) is 10.4. The number of aryl methyl sites for hydroxylation is 1. The van der Waals surface area contributed by atoms with E-state index in [1.165, 1.54) is 11.1 Å². The van der Waals surface area contributed by atoms with Gasteiger partial charge in [-0.3, -0.25) is 4.79 Å². The standard InChI is InChI=1S/C24H20IN3O/c1-17-6-8-18(9-7-17)15-28-16-20(22-4-2-3-5-23(22)28)14-26-27-24(29)19-10-12-21(25)13-11-19/h2-14,16H,15H2,1H3,(H,27,29)/b26-14-. The summed E-state index contributed by atoms with van der Waals surface area (Å²) in [6.07, 6.45) is 3.78. The van der Waals surface area contributed by atoms with Gasteiger partial charge in [0.2, 0.25) is 0 Å². The molecular formula is C24H20IN3O. The van der Waals surface area contributed by atoms with Crippen LogP contribution in [0.4, 0.5) is 0 Å². The lowest BCUT2D eigenvalue weighted by Gasteiger charge is -2.06. The number of hydrogen-bond acceptors (Lipinski definition) is 2. The SMILES string of the molecule is Cc1ccc(Cn2cc(/C=N\NC(=O)c3ccc(I)cc3)c3ccccc32)cc1. The van der Waals surface area contributed by atoms with Crippen LogP contribution >= 0.6 is 22.6 Å². The lowest BCUT2D eigenvalue weighted by molar-refractivity contribution is 0.0955. The van der Waals surface area contributed by atoms with Crippen molar-refractivity contribution in [1.29, 1.82) is 0 Å². The molecule has 0 saturated carbocycles. The van der Waals surface area contributed by atoms with Gasteiger partial charge in [0, 0.05) is 38.3 Å². The number of halogens is 1. The molecule has 0 spiro atoms. The van der Waals surface area contributed by atoms with Gasteiger partial charge in [-0.25, -0.2) is 5.43 Å². The number of amides is 1. The fourth-order valence-corrected chi connectivity index (χ4v) is 3.58. The number of hydrazone groups is 1. The Kier molecular flexibility index (Phi) is 5.76. The molecule has 0 atom stereocenters. The summed E-state index contributed by atoms with van der Waals surface area (Å²) in [7, 11) is 0. The zero-order valence-corrected chi connectivity index (χ0v) is 18.1. The van der Waals surface area contributed by atoms with Gasteiger partial charge in [0.1, 0.15) is 0 Å². The van der Waals surface area contributed by atoms with Crippen LogP contribution in [0.5, 0.6) is 0 Å². The number of fused-ring (bicyclic) bond motifs is 1. The van der Waals surface area contributed by atoms with Crippen molar-refractivity contribution >= 4 is 45.6 Å². The minimum Gasteiger partial charge on any atom is -0.342 e. The molecule has 29 heavy (non-hydrogen) atoms. The van der Waals surface area contributed by atoms with Crippen LogP contribution in [0.1, 0.15) is 27.0 Å². The minimum atomic E-state index is -0.221. The predicted octanol–water partition coefficient (Wildman–Crippen LogP) is 5.37. The Morgan fingerprint density at radius 1 is 1.03 bits per heavy atom. The van der Waals surface area contributed by atoms with Crippen LogP contribution < -0.4 is 5.43 Å². The molecular weight excluding hydrogens is 473 g/mol. The number of carbonyl (C=O) groups is 1. The van der Waals surface area contributed by atoms with Crippen LogP contribution in [-0.2, 0) is 6.54 Å². The zero-order chi connectivity index (χ0) is 20.2. The monoisotopic (exact) mass is 493 g/mol. The zero-order valence-electron chi connectivity index (χ0n) is 16.0. The highest BCUT2D eigenvalue weighted by Crippen LogP contribution is 2.21. The van der Waals surface area contributed by atoms with Crippen LogP contribution in [0.2, 0.25) is 0 Å². The first kappa shape index (κ1) is 19.4. The van der Waals surface area contributed by atoms with Crippen molar-refractivity contribution in [3.63, 3.8) is 0 Å². The van der Waals surface area contributed by atoms with Crippen molar-refractivity contribution < 1.29 is 4.79 Å². The summed E-state index contributed by atoms with van der Waals surface area (Å²) in [6.45, 7) is 2.87. The molecule has 1 heterocycles. The summed E-state index contributed by atoms with van der Waals surface area (Å²) in [5.41, 5.74) is 7.80. The Balaban J connectivity index is 1.55. The molecule has 0 aliphatic carbocycles. The van der Waals surface area contributed by atoms with Gasteiger partial charge in [-0.2, -0.15) is 5.10 Å². The molecule has 0 aliphatic rings. The second kappa shape index (κ2) is 8.61. The number of hydrogen-bond donors (Lipinski definition) is 1. The van der Waals surface area contributed by atoms with Crippen molar-refractivity contribution in [3.05, 3.63) is 105 Å². The highest BCUT2D eigenvalue weighted by Gasteiger charge is 2.08. The summed E-state index contributed by atoms with van der Waals surface area (Å²) < 4.78 is 3.30. The maximum absolute atomic E-state index is 12.3. The highest BCUT2D eigenvalue weighted by atomic mass is 127. The Morgan fingerprint density at radius 2 is 1.76 bits per heavy atom. The third kappa shape index (κ3) is 4.56. The third-order valence-electron chi connectivity index (χ3n) is 4.77. The molecule has 0 radical (unpaired) electrons. The first-order chi connectivity index (χ1) is 14.1. The molecule has 0 aliphatic heterocycles. The maximum Gasteiger partial charge on any atom is 0.271 e. The molecule has 5 heteroatoms. The first-order valence-electron chi connectivity index (χ1n) is 9.32. The summed E-state index contributed by atoms with van der Waals surface area (Å²) in [5.74, 6) is -0.221. The third-order valence-corrected chi connectivity index (χ3v) is 5.49. The molecule has 0 saturated heterocycles. The van der Waals surface area contributed by atoms with E-state index in [0.717, 1.165) is 26.6 Å². The van der Waals surface area contributed by atoms with Crippen LogP contribution in [0.25, 0.3) is 10.9 Å². The number of para-hydroxylation sites is 1. The number of nitrogens with one attached hydrogen (secondary N) is 1. The summed E-state index contributed by atoms with van der Waals surface area (Å²) in [6, 6.07) is 24.2. The van der Waals surface area contributed by atoms with E-state index in [-0.39, 0.29) is 5.91 Å². The molecule has 0 bridgehead atoms. The van der Waals surface area contributed by atoms with Crippen LogP contribution in [-0.4, -0.2) is 16.7 Å². The van der Waals surface area contributed by atoms with Crippen LogP contribution in [0.3, 0.4) is 0 Å². The van der Waals surface area contributed by atoms with E-state index in [4.69, 9.17) is 0 Å². The average molecular weight is 493 g/mol. The van der Waals surface area contributed by atoms with E-state index in [1.54, 1.807) is 18.3 Å². The van der Waals surface area contributed by atoms with Crippen molar-refractivity contribution in [2.75, 3.05) is 0 Å². The van der Waals surface area contributed by atoms with Crippen molar-refractivity contribution in [2.45, 2.75) is 13.5 Å². The molecule has 4 aromatic rings. The van der Waals surface area contributed by atoms with Gasteiger partial charge in [0.25, 0.3) is 5.91 Å². The Hall–Kier alpha value is -2.93. The summed E-state index contributed by atoms with van der Waals surface area (Å²) >= 11 is 2.21. The van der Waals surface area contributed by atoms with E-state index >= 15 is 0 Å². The lowest BCUT2D eigenvalue weighted by atomic mass is 10.1. The topological polar surface area (TPSA) is 46.4 Å². The van der Waals surface area contributed by atoms with E-state index in [0.29, 0.717) is 5.56 Å². The fraction of sp³-hybridized carbons (Fsp3) is 0.0833. The molecule has 1 N–H and O–H groups in total. The van der Waals surface area contributed by atoms with E-state index in [2.05, 4.69) is 87.2 Å². The molecule has 1 amide bonds. The number of aromatic nitrogens is 1. The van der Waals surface area contributed by atoms with Crippen molar-refractivity contribution in [1.82, 2.24) is 9.99 Å². The van der Waals surface area contributed by atoms with Crippen molar-refractivity contribution in [3.8, 4) is 0 Å². The van der Waals surface area contributed by atoms with Crippen LogP contribution in [0.15, 0.2) is 84.1 Å². The molecule has 4 nitrogen and oxygen atoms in total. The second-order valence-electron chi connectivity index (χ2n) is 6.92. The largest absolute Gasteiger partial charge is 0.342 e. The Labute approximate surface area is 183 Å². The van der Waals surface area contributed by atoms with Gasteiger partial charge < -0.3 is 4.57 Å². The maximum atomic E-state index is 12.3. The molecule has 0 unspecified atom stereocenters. The van der Waals surface area contributed by atoms with Gasteiger partial charge >= 0.3 is 0 Å². The van der Waals surface area contributed by atoms with E-state index < -0.39 is 0 Å². The molecule has 0 fully saturated rings. The van der Waals surface area contributed by atoms with Gasteiger partial charge in [-0.1, -0.05) is 48.0 Å². The summed E-state index contributed by atoms with van der Waals surface area (Å²) in [5, 5.41) is 5.29. The Morgan fingerprint density at radius 3 is 2.52 bits per heavy atom. The van der Waals surface area contributed by atoms with E-state index in [1.807, 2.05) is 24.3 Å². The van der Waals surface area contributed by atoms with Gasteiger partial charge in [0.05, 0.1) is 6.21 Å². The average Bonchev–Trinajstić information content (AvgIpc) is 3.08. The lowest BCUT2D eigenvalue weighted by Crippen LogP contribution is -2.17. The van der Waals surface area contributed by atoms with Gasteiger partial charge in [-0.05, 0) is 65.4 Å². The Bertz CT molecular complexity index is 1180. The predicted molar refractivity (Wildman–Crippen MR) is 126 cm³/mol. The van der Waals surface area contributed by atoms with Gasteiger partial charge in [0.15, 0.2) is 0 Å². The smallest absolute Gasteiger partial charge is 0.271 e. The number of nitrogens with zero attached hydrogens (tertiary/aromatic N) is 2. The number of benzene rings is 3. The minimum absolute atomic E-state index is 0.221. The fourth-order valence-electron chi connectivity index (χ4n) is 3.23. The number of rotatable bonds is 5. The molecule has 4 rings (SSSR count). The normalized spacial score (nSPS) is 11.2. The van der Waals surface area contributed by atoms with Crippen LogP contribution in [0, 0.1) is 10.5 Å². The van der Waals surface area contributed by atoms with Gasteiger partial charge in [-0.15, -0.1) is 0 Å². The molecule has 144 valence electrons. The molecule has 1 aromatic heterocycles.